The highest BCUT2D eigenvalue weighted by Crippen LogP contribution is 2.36. The number of carbonyl (C=O) groups excluding carboxylic acids is 1. The van der Waals surface area contributed by atoms with Gasteiger partial charge in [0.25, 0.3) is 5.91 Å². The van der Waals surface area contributed by atoms with Crippen LogP contribution >= 0.6 is 45.8 Å². The largest absolute Gasteiger partial charge is 0.493 e. The number of hydrogen-bond donors (Lipinski definition) is 2. The van der Waals surface area contributed by atoms with Crippen molar-refractivity contribution in [2.45, 2.75) is 6.61 Å². The summed E-state index contributed by atoms with van der Waals surface area (Å²) in [5, 5.41) is 8.04. The van der Waals surface area contributed by atoms with Crippen LogP contribution in [0.4, 0.5) is 5.69 Å². The molecule has 0 radical (unpaired) electrons. The van der Waals surface area contributed by atoms with Crippen LogP contribution in [-0.4, -0.2) is 25.8 Å². The zero-order valence-corrected chi connectivity index (χ0v) is 20.7. The maximum atomic E-state index is 12.0. The van der Waals surface area contributed by atoms with Gasteiger partial charge in [-0.25, -0.2) is 5.43 Å². The molecular weight excluding hydrogens is 564 g/mol. The molecule has 0 fully saturated rings. The van der Waals surface area contributed by atoms with Gasteiger partial charge in [-0.15, -0.1) is 0 Å². The quantitative estimate of drug-likeness (QED) is 0.191. The van der Waals surface area contributed by atoms with Crippen LogP contribution in [0.3, 0.4) is 0 Å². The molecule has 0 aliphatic rings. The third kappa shape index (κ3) is 7.29. The molecule has 0 atom stereocenters. The van der Waals surface area contributed by atoms with Gasteiger partial charge in [0.15, 0.2) is 11.5 Å². The van der Waals surface area contributed by atoms with Gasteiger partial charge < -0.3 is 14.8 Å². The Kier molecular flexibility index (Phi) is 9.01. The standard InChI is InChI=1S/C23H20Cl2IN3O3/c1-31-21-11-16(10-20(25)23(21)32-14-15-2-4-17(24)5-3-15)12-28-29-22(30)13-27-19-8-6-18(26)7-9-19/h2-12,27H,13-14H2,1H3,(H,29,30)/b28-12-. The molecule has 2 N–H and O–H groups in total. The molecule has 166 valence electrons. The van der Waals surface area contributed by atoms with Crippen molar-refractivity contribution in [1.29, 1.82) is 0 Å². The molecule has 0 bridgehead atoms. The van der Waals surface area contributed by atoms with Gasteiger partial charge in [0, 0.05) is 14.3 Å². The fourth-order valence-corrected chi connectivity index (χ4v) is 3.42. The van der Waals surface area contributed by atoms with Crippen molar-refractivity contribution in [2.75, 3.05) is 19.0 Å². The number of anilines is 1. The number of benzene rings is 3. The van der Waals surface area contributed by atoms with Gasteiger partial charge >= 0.3 is 0 Å². The summed E-state index contributed by atoms with van der Waals surface area (Å²) in [7, 11) is 1.53. The molecule has 0 aliphatic heterocycles. The monoisotopic (exact) mass is 583 g/mol. The van der Waals surface area contributed by atoms with Crippen LogP contribution in [-0.2, 0) is 11.4 Å². The van der Waals surface area contributed by atoms with Crippen molar-refractivity contribution in [3.05, 3.63) is 85.4 Å². The van der Waals surface area contributed by atoms with Gasteiger partial charge in [0.2, 0.25) is 0 Å². The molecular formula is C23H20Cl2IN3O3. The first-order valence-electron chi connectivity index (χ1n) is 9.50. The Morgan fingerprint density at radius 1 is 1.09 bits per heavy atom. The van der Waals surface area contributed by atoms with Gasteiger partial charge in [-0.1, -0.05) is 35.3 Å². The van der Waals surface area contributed by atoms with E-state index in [1.54, 1.807) is 24.3 Å². The van der Waals surface area contributed by atoms with E-state index in [1.165, 1.54) is 13.3 Å². The molecule has 0 saturated heterocycles. The van der Waals surface area contributed by atoms with E-state index in [4.69, 9.17) is 32.7 Å². The molecule has 0 saturated carbocycles. The molecule has 32 heavy (non-hydrogen) atoms. The fraction of sp³-hybridized carbons (Fsp3) is 0.130. The summed E-state index contributed by atoms with van der Waals surface area (Å²) < 4.78 is 12.4. The minimum Gasteiger partial charge on any atom is -0.493 e. The zero-order chi connectivity index (χ0) is 22.9. The van der Waals surface area contributed by atoms with E-state index in [0.29, 0.717) is 33.7 Å². The highest BCUT2D eigenvalue weighted by molar-refractivity contribution is 14.1. The second-order valence-electron chi connectivity index (χ2n) is 6.60. The minimum atomic E-state index is -0.277. The lowest BCUT2D eigenvalue weighted by Crippen LogP contribution is -2.25. The van der Waals surface area contributed by atoms with Crippen molar-refractivity contribution in [3.8, 4) is 11.5 Å². The predicted octanol–water partition coefficient (Wildman–Crippen LogP) is 5.75. The van der Waals surface area contributed by atoms with E-state index >= 15 is 0 Å². The number of carbonyl (C=O) groups is 1. The highest BCUT2D eigenvalue weighted by atomic mass is 127. The molecule has 0 spiro atoms. The molecule has 3 aromatic carbocycles. The molecule has 0 aromatic heterocycles. The summed E-state index contributed by atoms with van der Waals surface area (Å²) in [6.07, 6.45) is 1.49. The third-order valence-corrected chi connectivity index (χ3v) is 5.50. The fourth-order valence-electron chi connectivity index (χ4n) is 2.66. The first kappa shape index (κ1) is 24.2. The molecule has 1 amide bonds. The van der Waals surface area contributed by atoms with Crippen LogP contribution in [0.1, 0.15) is 11.1 Å². The lowest BCUT2D eigenvalue weighted by Gasteiger charge is -2.13. The number of methoxy groups -OCH3 is 1. The first-order chi connectivity index (χ1) is 15.4. The van der Waals surface area contributed by atoms with E-state index in [0.717, 1.165) is 14.8 Å². The van der Waals surface area contributed by atoms with Crippen LogP contribution in [0, 0.1) is 3.57 Å². The van der Waals surface area contributed by atoms with Gasteiger partial charge in [-0.3, -0.25) is 4.79 Å². The summed E-state index contributed by atoms with van der Waals surface area (Å²) in [5.74, 6) is 0.604. The lowest BCUT2D eigenvalue weighted by molar-refractivity contribution is -0.119. The average Bonchev–Trinajstić information content (AvgIpc) is 2.79. The van der Waals surface area contributed by atoms with Crippen molar-refractivity contribution in [3.63, 3.8) is 0 Å². The Labute approximate surface area is 210 Å². The lowest BCUT2D eigenvalue weighted by atomic mass is 10.2. The van der Waals surface area contributed by atoms with Crippen molar-refractivity contribution >= 4 is 63.6 Å². The second-order valence-corrected chi connectivity index (χ2v) is 8.69. The van der Waals surface area contributed by atoms with E-state index in [9.17, 15) is 4.79 Å². The van der Waals surface area contributed by atoms with Gasteiger partial charge in [-0.2, -0.15) is 5.10 Å². The van der Waals surface area contributed by atoms with Gasteiger partial charge in [0.05, 0.1) is 24.9 Å². The van der Waals surface area contributed by atoms with Crippen LogP contribution < -0.4 is 20.2 Å². The maximum absolute atomic E-state index is 12.0. The molecule has 0 aliphatic carbocycles. The first-order valence-corrected chi connectivity index (χ1v) is 11.3. The van der Waals surface area contributed by atoms with Gasteiger partial charge in [0.1, 0.15) is 6.61 Å². The highest BCUT2D eigenvalue weighted by Gasteiger charge is 2.12. The Hall–Kier alpha value is -2.49. The number of hydrazone groups is 1. The number of nitrogens with zero attached hydrogens (tertiary/aromatic N) is 1. The number of nitrogens with one attached hydrogen (secondary N) is 2. The van der Waals surface area contributed by atoms with Crippen LogP contribution in [0.15, 0.2) is 65.8 Å². The number of halogens is 3. The summed E-state index contributed by atoms with van der Waals surface area (Å²) in [5.41, 5.74) is 4.93. The summed E-state index contributed by atoms with van der Waals surface area (Å²) >= 11 is 14.5. The predicted molar refractivity (Wildman–Crippen MR) is 137 cm³/mol. The SMILES string of the molecule is COc1cc(/C=N\NC(=O)CNc2ccc(I)cc2)cc(Cl)c1OCc1ccc(Cl)cc1. The van der Waals surface area contributed by atoms with Crippen LogP contribution in [0.25, 0.3) is 0 Å². The molecule has 3 rings (SSSR count). The van der Waals surface area contributed by atoms with E-state index in [-0.39, 0.29) is 12.5 Å². The molecule has 6 nitrogen and oxygen atoms in total. The summed E-state index contributed by atoms with van der Waals surface area (Å²) in [6, 6.07) is 18.5. The van der Waals surface area contributed by atoms with E-state index in [2.05, 4.69) is 38.4 Å². The second kappa shape index (κ2) is 11.9. The number of rotatable bonds is 9. The molecule has 0 unspecified atom stereocenters. The van der Waals surface area contributed by atoms with Crippen molar-refractivity contribution < 1.29 is 14.3 Å². The summed E-state index contributed by atoms with van der Waals surface area (Å²) in [4.78, 5) is 12.0. The minimum absolute atomic E-state index is 0.0967. The van der Waals surface area contributed by atoms with Crippen LogP contribution in [0.2, 0.25) is 10.0 Å². The van der Waals surface area contributed by atoms with E-state index in [1.807, 2.05) is 36.4 Å². The Bertz CT molecular complexity index is 1090. The normalized spacial score (nSPS) is 10.8. The zero-order valence-electron chi connectivity index (χ0n) is 17.1. The summed E-state index contributed by atoms with van der Waals surface area (Å²) in [6.45, 7) is 0.407. The topological polar surface area (TPSA) is 72.0 Å². The molecule has 0 heterocycles. The Morgan fingerprint density at radius 2 is 1.81 bits per heavy atom. The smallest absolute Gasteiger partial charge is 0.259 e. The average molecular weight is 584 g/mol. The third-order valence-electron chi connectivity index (χ3n) is 4.25. The number of ether oxygens (including phenoxy) is 2. The maximum Gasteiger partial charge on any atom is 0.259 e. The van der Waals surface area contributed by atoms with Crippen molar-refractivity contribution in [1.82, 2.24) is 5.43 Å². The molecule has 3 aromatic rings. The number of hydrogen-bond acceptors (Lipinski definition) is 5. The van der Waals surface area contributed by atoms with E-state index < -0.39 is 0 Å². The molecule has 9 heteroatoms. The Morgan fingerprint density at radius 3 is 2.50 bits per heavy atom. The van der Waals surface area contributed by atoms with Gasteiger partial charge in [-0.05, 0) is 82.2 Å². The number of amides is 1. The van der Waals surface area contributed by atoms with Crippen molar-refractivity contribution in [2.24, 2.45) is 5.10 Å². The Balaban J connectivity index is 1.57. The van der Waals surface area contributed by atoms with Crippen LogP contribution in [0.5, 0.6) is 11.5 Å².